The van der Waals surface area contributed by atoms with Gasteiger partial charge in [0.2, 0.25) is 5.91 Å². The Morgan fingerprint density at radius 2 is 1.95 bits per heavy atom. The van der Waals surface area contributed by atoms with Crippen LogP contribution in [0.25, 0.3) is 0 Å². The van der Waals surface area contributed by atoms with Crippen molar-refractivity contribution in [1.29, 1.82) is 0 Å². The van der Waals surface area contributed by atoms with Gasteiger partial charge < -0.3 is 5.32 Å². The lowest BCUT2D eigenvalue weighted by atomic mass is 10.1. The maximum atomic E-state index is 12.0. The molecule has 0 spiro atoms. The number of aryl methyl sites for hydroxylation is 1. The van der Waals surface area contributed by atoms with E-state index < -0.39 is 0 Å². The monoisotopic (exact) mass is 286 g/mol. The molecule has 1 heterocycles. The zero-order valence-corrected chi connectivity index (χ0v) is 12.5. The molecule has 0 aliphatic carbocycles. The van der Waals surface area contributed by atoms with Crippen molar-refractivity contribution in [3.8, 4) is 0 Å². The van der Waals surface area contributed by atoms with Crippen LogP contribution >= 0.6 is 11.8 Å². The molecule has 1 amide bonds. The molecule has 104 valence electrons. The third-order valence-electron chi connectivity index (χ3n) is 3.04. The summed E-state index contributed by atoms with van der Waals surface area (Å²) in [5.41, 5.74) is 2.27. The van der Waals surface area contributed by atoms with Gasteiger partial charge >= 0.3 is 0 Å². The first-order valence-corrected chi connectivity index (χ1v) is 7.53. The van der Waals surface area contributed by atoms with Crippen LogP contribution in [0.3, 0.4) is 0 Å². The van der Waals surface area contributed by atoms with Crippen LogP contribution in [-0.4, -0.2) is 16.6 Å². The van der Waals surface area contributed by atoms with Crippen molar-refractivity contribution in [1.82, 2.24) is 10.3 Å². The number of carbonyl (C=O) groups excluding carboxylic acids is 1. The predicted molar refractivity (Wildman–Crippen MR) is 82.7 cm³/mol. The number of pyridine rings is 1. The summed E-state index contributed by atoms with van der Waals surface area (Å²) < 4.78 is 0. The lowest BCUT2D eigenvalue weighted by molar-refractivity contribution is -0.119. The van der Waals surface area contributed by atoms with Crippen LogP contribution in [0.5, 0.6) is 0 Å². The summed E-state index contributed by atoms with van der Waals surface area (Å²) >= 11 is 1.57. The van der Waals surface area contributed by atoms with Crippen molar-refractivity contribution in [3.05, 3.63) is 59.9 Å². The Bertz CT molecular complexity index is 572. The van der Waals surface area contributed by atoms with Gasteiger partial charge in [-0.2, -0.15) is 0 Å². The van der Waals surface area contributed by atoms with Crippen LogP contribution in [0, 0.1) is 6.92 Å². The van der Waals surface area contributed by atoms with E-state index in [0.29, 0.717) is 5.75 Å². The first-order chi connectivity index (χ1) is 9.66. The van der Waals surface area contributed by atoms with E-state index in [0.717, 1.165) is 10.5 Å². The summed E-state index contributed by atoms with van der Waals surface area (Å²) in [6.45, 7) is 4.03. The van der Waals surface area contributed by atoms with Gasteiger partial charge in [-0.25, -0.2) is 0 Å². The minimum atomic E-state index is 0.00275. The minimum absolute atomic E-state index is 0.00275. The van der Waals surface area contributed by atoms with Crippen LogP contribution in [0.2, 0.25) is 0 Å². The number of hydrogen-bond donors (Lipinski definition) is 1. The number of thioether (sulfide) groups is 1. The molecular formula is C16H18N2OS. The highest BCUT2D eigenvalue weighted by Gasteiger charge is 2.10. The molecule has 0 aliphatic rings. The highest BCUT2D eigenvalue weighted by Crippen LogP contribution is 2.21. The van der Waals surface area contributed by atoms with E-state index >= 15 is 0 Å². The van der Waals surface area contributed by atoms with E-state index in [2.05, 4.69) is 23.3 Å². The normalized spacial score (nSPS) is 11.9. The second kappa shape index (κ2) is 7.10. The zero-order valence-electron chi connectivity index (χ0n) is 11.7. The van der Waals surface area contributed by atoms with E-state index in [4.69, 9.17) is 0 Å². The molecular weight excluding hydrogens is 268 g/mol. The fourth-order valence-corrected chi connectivity index (χ4v) is 2.72. The molecule has 2 aromatic rings. The Morgan fingerprint density at radius 3 is 2.65 bits per heavy atom. The van der Waals surface area contributed by atoms with Crippen molar-refractivity contribution in [2.75, 3.05) is 5.75 Å². The first kappa shape index (κ1) is 14.6. The second-order valence-electron chi connectivity index (χ2n) is 4.62. The van der Waals surface area contributed by atoms with Gasteiger partial charge in [0.15, 0.2) is 0 Å². The molecule has 1 aromatic heterocycles. The molecule has 1 atom stereocenters. The predicted octanol–water partition coefficient (Wildman–Crippen LogP) is 3.36. The van der Waals surface area contributed by atoms with E-state index in [9.17, 15) is 4.79 Å². The molecule has 0 saturated carbocycles. The maximum absolute atomic E-state index is 12.0. The van der Waals surface area contributed by atoms with Gasteiger partial charge in [0.05, 0.1) is 11.8 Å². The minimum Gasteiger partial charge on any atom is -0.349 e. The molecule has 20 heavy (non-hydrogen) atoms. The molecule has 0 saturated heterocycles. The lowest BCUT2D eigenvalue weighted by Crippen LogP contribution is -2.28. The quantitative estimate of drug-likeness (QED) is 0.857. The fourth-order valence-electron chi connectivity index (χ4n) is 1.88. The zero-order chi connectivity index (χ0) is 14.4. The van der Waals surface area contributed by atoms with Gasteiger partial charge in [-0.15, -0.1) is 11.8 Å². The lowest BCUT2D eigenvalue weighted by Gasteiger charge is -2.14. The van der Waals surface area contributed by atoms with Gasteiger partial charge in [0.1, 0.15) is 0 Å². The molecule has 1 aromatic carbocycles. The average Bonchev–Trinajstić information content (AvgIpc) is 2.47. The Balaban J connectivity index is 1.86. The van der Waals surface area contributed by atoms with Crippen molar-refractivity contribution in [2.24, 2.45) is 0 Å². The number of nitrogens with one attached hydrogen (secondary N) is 1. The average molecular weight is 286 g/mol. The summed E-state index contributed by atoms with van der Waals surface area (Å²) in [5, 5.41) is 3.00. The number of aromatic nitrogens is 1. The molecule has 0 fully saturated rings. The molecule has 0 aliphatic heterocycles. The summed E-state index contributed by atoms with van der Waals surface area (Å²) in [4.78, 5) is 17.1. The van der Waals surface area contributed by atoms with E-state index in [1.54, 1.807) is 24.2 Å². The number of amides is 1. The largest absolute Gasteiger partial charge is 0.349 e. The first-order valence-electron chi connectivity index (χ1n) is 6.54. The van der Waals surface area contributed by atoms with Gasteiger partial charge in [0.25, 0.3) is 0 Å². The second-order valence-corrected chi connectivity index (χ2v) is 5.64. The van der Waals surface area contributed by atoms with Crippen molar-refractivity contribution in [3.63, 3.8) is 0 Å². The number of hydrogen-bond acceptors (Lipinski definition) is 3. The van der Waals surface area contributed by atoms with E-state index in [1.807, 2.05) is 37.3 Å². The molecule has 1 unspecified atom stereocenters. The molecule has 2 rings (SSSR count). The number of carbonyl (C=O) groups is 1. The number of rotatable bonds is 5. The molecule has 0 bridgehead atoms. The van der Waals surface area contributed by atoms with E-state index in [-0.39, 0.29) is 11.9 Å². The highest BCUT2D eigenvalue weighted by atomic mass is 32.2. The molecule has 3 nitrogen and oxygen atoms in total. The van der Waals surface area contributed by atoms with Crippen LogP contribution in [-0.2, 0) is 4.79 Å². The third kappa shape index (κ3) is 4.10. The van der Waals surface area contributed by atoms with Crippen molar-refractivity contribution in [2.45, 2.75) is 24.8 Å². The maximum Gasteiger partial charge on any atom is 0.230 e. The Kier molecular flexibility index (Phi) is 5.18. The summed E-state index contributed by atoms with van der Waals surface area (Å²) in [7, 11) is 0. The third-order valence-corrected chi connectivity index (χ3v) is 4.21. The van der Waals surface area contributed by atoms with E-state index in [1.165, 1.54) is 5.56 Å². The summed E-state index contributed by atoms with van der Waals surface area (Å²) in [6.07, 6.45) is 3.47. The molecule has 4 heteroatoms. The molecule has 0 radical (unpaired) electrons. The fraction of sp³-hybridized carbons (Fsp3) is 0.250. The number of nitrogens with zero attached hydrogens (tertiary/aromatic N) is 1. The highest BCUT2D eigenvalue weighted by molar-refractivity contribution is 8.00. The van der Waals surface area contributed by atoms with Gasteiger partial charge in [0, 0.05) is 17.3 Å². The Labute approximate surface area is 123 Å². The van der Waals surface area contributed by atoms with Gasteiger partial charge in [-0.1, -0.05) is 18.2 Å². The summed E-state index contributed by atoms with van der Waals surface area (Å²) in [5.74, 6) is 0.475. The van der Waals surface area contributed by atoms with Crippen molar-refractivity contribution >= 4 is 17.7 Å². The molecule has 1 N–H and O–H groups in total. The van der Waals surface area contributed by atoms with Gasteiger partial charge in [-0.05, 0) is 43.2 Å². The van der Waals surface area contributed by atoms with Crippen LogP contribution in [0.15, 0.2) is 53.7 Å². The van der Waals surface area contributed by atoms with Crippen LogP contribution in [0.4, 0.5) is 0 Å². The standard InChI is InChI=1S/C16H18N2OS/c1-12-5-3-4-6-15(12)20-11-16(19)18-13(2)14-7-9-17-10-8-14/h3-10,13H,11H2,1-2H3,(H,18,19). The summed E-state index contributed by atoms with van der Waals surface area (Å²) in [6, 6.07) is 11.9. The Morgan fingerprint density at radius 1 is 1.25 bits per heavy atom. The topological polar surface area (TPSA) is 42.0 Å². The van der Waals surface area contributed by atoms with Crippen LogP contribution < -0.4 is 5.32 Å². The van der Waals surface area contributed by atoms with Crippen molar-refractivity contribution < 1.29 is 4.79 Å². The SMILES string of the molecule is Cc1ccccc1SCC(=O)NC(C)c1ccncc1. The van der Waals surface area contributed by atoms with Crippen LogP contribution in [0.1, 0.15) is 24.1 Å². The smallest absolute Gasteiger partial charge is 0.230 e. The Hall–Kier alpha value is -1.81. The van der Waals surface area contributed by atoms with Gasteiger partial charge in [-0.3, -0.25) is 9.78 Å². The number of benzene rings is 1.